The van der Waals surface area contributed by atoms with E-state index in [1.807, 2.05) is 0 Å². The third-order valence-corrected chi connectivity index (χ3v) is 4.00. The van der Waals surface area contributed by atoms with Crippen molar-refractivity contribution in [2.75, 3.05) is 18.6 Å². The van der Waals surface area contributed by atoms with E-state index in [0.29, 0.717) is 17.3 Å². The Balaban J connectivity index is 1.59. The molecule has 1 unspecified atom stereocenters. The molecule has 0 N–H and O–H groups in total. The maximum Gasteiger partial charge on any atom is 0.415 e. The fourth-order valence-electron chi connectivity index (χ4n) is 2.44. The molecule has 132 valence electrons. The minimum Gasteiger partial charge on any atom is -0.445 e. The summed E-state index contributed by atoms with van der Waals surface area (Å²) in [5, 5.41) is 11.3. The maximum atomic E-state index is 12.2. The lowest BCUT2D eigenvalue weighted by atomic mass is 10.1. The minimum atomic E-state index is -0.839. The van der Waals surface area contributed by atoms with E-state index in [-0.39, 0.29) is 18.4 Å². The van der Waals surface area contributed by atoms with Crippen LogP contribution in [0.1, 0.15) is 6.92 Å². The number of aromatic nitrogens is 2. The minimum absolute atomic E-state index is 0.0269. The molecule has 1 aliphatic heterocycles. The van der Waals surface area contributed by atoms with Gasteiger partial charge in [0.2, 0.25) is 0 Å². The number of nitrogens with zero attached hydrogens (tertiary/aromatic N) is 4. The van der Waals surface area contributed by atoms with Crippen LogP contribution in [0.4, 0.5) is 16.3 Å². The maximum absolute atomic E-state index is 12.2. The zero-order chi connectivity index (χ0) is 18.2. The molecule has 1 atom stereocenters. The van der Waals surface area contributed by atoms with Crippen molar-refractivity contribution in [2.24, 2.45) is 0 Å². The molecule has 2 aromatic rings. The van der Waals surface area contributed by atoms with Crippen LogP contribution in [0.2, 0.25) is 5.02 Å². The fourth-order valence-corrected chi connectivity index (χ4v) is 2.56. The Kier molecular flexibility index (Phi) is 4.25. The Hall–Kier alpha value is -2.81. The average Bonchev–Trinajstić information content (AvgIpc) is 3.08. The van der Waals surface area contributed by atoms with Gasteiger partial charge in [0, 0.05) is 22.7 Å². The molecule has 1 aromatic carbocycles. The number of nitro groups is 1. The molecule has 0 radical (unpaired) electrons. The molecule has 0 aliphatic carbocycles. The Morgan fingerprint density at radius 2 is 2.20 bits per heavy atom. The van der Waals surface area contributed by atoms with Crippen LogP contribution in [0.5, 0.6) is 6.01 Å². The number of halogens is 1. The number of hydrogen-bond donors (Lipinski definition) is 0. The summed E-state index contributed by atoms with van der Waals surface area (Å²) in [4.78, 5) is 27.4. The Morgan fingerprint density at radius 3 is 2.80 bits per heavy atom. The normalized spacial score (nSPS) is 18.4. The van der Waals surface area contributed by atoms with Gasteiger partial charge < -0.3 is 19.6 Å². The first-order valence-electron chi connectivity index (χ1n) is 7.34. The first kappa shape index (κ1) is 17.0. The van der Waals surface area contributed by atoms with Gasteiger partial charge >= 0.3 is 17.9 Å². The standard InChI is InChI=1S/C15H15ClN4O5/c1-15(8-19-7-12(20(22)23)17-13(19)25-15)9-24-14(21)18(2)11-5-3-10(16)4-6-11/h3-7H,8-9H2,1-2H3. The van der Waals surface area contributed by atoms with Crippen LogP contribution >= 0.6 is 11.6 Å². The van der Waals surface area contributed by atoms with E-state index in [0.717, 1.165) is 0 Å². The molecule has 0 saturated carbocycles. The van der Waals surface area contributed by atoms with Gasteiger partial charge in [-0.3, -0.25) is 9.47 Å². The van der Waals surface area contributed by atoms with Gasteiger partial charge in [-0.15, -0.1) is 0 Å². The second-order valence-corrected chi connectivity index (χ2v) is 6.35. The molecule has 1 amide bonds. The van der Waals surface area contributed by atoms with Gasteiger partial charge in [-0.25, -0.2) is 4.79 Å². The van der Waals surface area contributed by atoms with Gasteiger partial charge in [0.05, 0.1) is 6.54 Å². The molecule has 9 nitrogen and oxygen atoms in total. The summed E-state index contributed by atoms with van der Waals surface area (Å²) < 4.78 is 12.4. The van der Waals surface area contributed by atoms with Gasteiger partial charge in [0.15, 0.2) is 5.60 Å². The fraction of sp³-hybridized carbons (Fsp3) is 0.333. The zero-order valence-corrected chi connectivity index (χ0v) is 14.3. The Bertz CT molecular complexity index is 796. The van der Waals surface area contributed by atoms with Crippen LogP contribution < -0.4 is 9.64 Å². The molecule has 25 heavy (non-hydrogen) atoms. The lowest BCUT2D eigenvalue weighted by Gasteiger charge is -2.24. The van der Waals surface area contributed by atoms with Crippen molar-refractivity contribution >= 4 is 29.2 Å². The lowest BCUT2D eigenvalue weighted by Crippen LogP contribution is -2.40. The highest BCUT2D eigenvalue weighted by molar-refractivity contribution is 6.30. The van der Waals surface area contributed by atoms with Crippen molar-refractivity contribution in [1.29, 1.82) is 0 Å². The highest BCUT2D eigenvalue weighted by Gasteiger charge is 2.41. The number of rotatable bonds is 4. The van der Waals surface area contributed by atoms with Crippen LogP contribution in [-0.4, -0.2) is 39.8 Å². The van der Waals surface area contributed by atoms with E-state index in [1.165, 1.54) is 15.7 Å². The summed E-state index contributed by atoms with van der Waals surface area (Å²) in [5.41, 5.74) is -0.205. The van der Waals surface area contributed by atoms with E-state index in [2.05, 4.69) is 4.98 Å². The van der Waals surface area contributed by atoms with Crippen LogP contribution in [0.15, 0.2) is 30.5 Å². The van der Waals surface area contributed by atoms with Gasteiger partial charge in [0.1, 0.15) is 12.8 Å². The SMILES string of the molecule is CN(C(=O)OCC1(C)Cn2cc([N+](=O)[O-])nc2O1)c1ccc(Cl)cc1. The van der Waals surface area contributed by atoms with Crippen molar-refractivity contribution < 1.29 is 19.2 Å². The van der Waals surface area contributed by atoms with E-state index in [4.69, 9.17) is 21.1 Å². The molecular weight excluding hydrogens is 352 g/mol. The van der Waals surface area contributed by atoms with Crippen LogP contribution in [0.25, 0.3) is 0 Å². The lowest BCUT2D eigenvalue weighted by molar-refractivity contribution is -0.389. The van der Waals surface area contributed by atoms with Gasteiger partial charge in [0.25, 0.3) is 0 Å². The van der Waals surface area contributed by atoms with Crippen molar-refractivity contribution in [1.82, 2.24) is 9.55 Å². The summed E-state index contributed by atoms with van der Waals surface area (Å²) in [7, 11) is 1.58. The number of fused-ring (bicyclic) bond motifs is 1. The molecule has 3 rings (SSSR count). The summed E-state index contributed by atoms with van der Waals surface area (Å²) in [6, 6.07) is 6.89. The molecule has 1 aromatic heterocycles. The molecule has 1 aliphatic rings. The Labute approximate surface area is 147 Å². The average molecular weight is 367 g/mol. The molecule has 0 bridgehead atoms. The number of carbonyl (C=O) groups excluding carboxylic acids is 1. The smallest absolute Gasteiger partial charge is 0.415 e. The summed E-state index contributed by atoms with van der Waals surface area (Å²) >= 11 is 5.82. The van der Waals surface area contributed by atoms with E-state index < -0.39 is 16.6 Å². The number of amides is 1. The first-order chi connectivity index (χ1) is 11.8. The van der Waals surface area contributed by atoms with Crippen LogP contribution in [-0.2, 0) is 11.3 Å². The van der Waals surface area contributed by atoms with Crippen LogP contribution in [0.3, 0.4) is 0 Å². The number of ether oxygens (including phenoxy) is 2. The van der Waals surface area contributed by atoms with Crippen molar-refractivity contribution in [2.45, 2.75) is 19.1 Å². The highest BCUT2D eigenvalue weighted by Crippen LogP contribution is 2.31. The monoisotopic (exact) mass is 366 g/mol. The van der Waals surface area contributed by atoms with E-state index >= 15 is 0 Å². The number of carbonyl (C=O) groups is 1. The Morgan fingerprint density at radius 1 is 1.52 bits per heavy atom. The predicted octanol–water partition coefficient (Wildman–Crippen LogP) is 2.87. The van der Waals surface area contributed by atoms with Crippen molar-refractivity contribution in [3.63, 3.8) is 0 Å². The topological polar surface area (TPSA) is 99.7 Å². The highest BCUT2D eigenvalue weighted by atomic mass is 35.5. The molecule has 10 heteroatoms. The second-order valence-electron chi connectivity index (χ2n) is 5.91. The predicted molar refractivity (Wildman–Crippen MR) is 89.1 cm³/mol. The first-order valence-corrected chi connectivity index (χ1v) is 7.72. The molecule has 0 fully saturated rings. The number of anilines is 1. The second kappa shape index (κ2) is 6.25. The number of benzene rings is 1. The largest absolute Gasteiger partial charge is 0.445 e. The van der Waals surface area contributed by atoms with Gasteiger partial charge in [-0.2, -0.15) is 0 Å². The quantitative estimate of drug-likeness (QED) is 0.609. The third kappa shape index (κ3) is 3.50. The molecule has 0 saturated heterocycles. The zero-order valence-electron chi connectivity index (χ0n) is 13.5. The number of imidazole rings is 1. The summed E-state index contributed by atoms with van der Waals surface area (Å²) in [6.45, 7) is 2.01. The molecular formula is C15H15ClN4O5. The van der Waals surface area contributed by atoms with Crippen molar-refractivity contribution in [3.8, 4) is 6.01 Å². The van der Waals surface area contributed by atoms with Gasteiger partial charge in [-0.05, 0) is 36.1 Å². The van der Waals surface area contributed by atoms with Crippen molar-refractivity contribution in [3.05, 3.63) is 45.6 Å². The van der Waals surface area contributed by atoms with Crippen LogP contribution in [0, 0.1) is 10.1 Å². The number of hydrogen-bond acceptors (Lipinski definition) is 6. The summed E-state index contributed by atoms with van der Waals surface area (Å²) in [6.07, 6.45) is 0.741. The molecule has 2 heterocycles. The summed E-state index contributed by atoms with van der Waals surface area (Å²) in [5.74, 6) is -0.281. The van der Waals surface area contributed by atoms with Gasteiger partial charge in [-0.1, -0.05) is 11.6 Å². The third-order valence-electron chi connectivity index (χ3n) is 3.75. The van der Waals surface area contributed by atoms with E-state index in [1.54, 1.807) is 38.2 Å². The molecule has 0 spiro atoms. The van der Waals surface area contributed by atoms with E-state index in [9.17, 15) is 14.9 Å².